The molecule has 0 fully saturated rings. The summed E-state index contributed by atoms with van der Waals surface area (Å²) in [5, 5.41) is 6.51. The molecule has 96 valence electrons. The summed E-state index contributed by atoms with van der Waals surface area (Å²) in [5.74, 6) is 0.362. The van der Waals surface area contributed by atoms with Crippen molar-refractivity contribution >= 4 is 29.0 Å². The number of amides is 1. The number of para-hydroxylation sites is 1. The molecular formula is C14H12ClN3O. The molecule has 1 aliphatic rings. The second kappa shape index (κ2) is 4.90. The molecule has 0 bridgehead atoms. The average molecular weight is 274 g/mol. The zero-order valence-electron chi connectivity index (χ0n) is 10.1. The van der Waals surface area contributed by atoms with Gasteiger partial charge >= 0.3 is 0 Å². The summed E-state index contributed by atoms with van der Waals surface area (Å²) in [7, 11) is 0. The second-order valence-electron chi connectivity index (χ2n) is 4.41. The molecule has 2 aromatic rings. The minimum atomic E-state index is -0.266. The van der Waals surface area contributed by atoms with Crippen LogP contribution in [0, 0.1) is 0 Å². The normalized spacial score (nSPS) is 16.6. The Labute approximate surface area is 115 Å². The molecule has 0 saturated heterocycles. The molecule has 1 atom stereocenters. The summed E-state index contributed by atoms with van der Waals surface area (Å²) in [4.78, 5) is 16.2. The van der Waals surface area contributed by atoms with Crippen LogP contribution in [0.5, 0.6) is 0 Å². The van der Waals surface area contributed by atoms with E-state index in [2.05, 4.69) is 15.6 Å². The van der Waals surface area contributed by atoms with Gasteiger partial charge < -0.3 is 10.6 Å². The van der Waals surface area contributed by atoms with Crippen LogP contribution in [0.25, 0.3) is 0 Å². The number of carbonyl (C=O) groups is 1. The van der Waals surface area contributed by atoms with Crippen LogP contribution in [0.3, 0.4) is 0 Å². The van der Waals surface area contributed by atoms with Crippen molar-refractivity contribution in [3.05, 3.63) is 53.2 Å². The molecule has 1 amide bonds. The predicted octanol–water partition coefficient (Wildman–Crippen LogP) is 2.71. The van der Waals surface area contributed by atoms with Crippen molar-refractivity contribution in [2.24, 2.45) is 0 Å². The van der Waals surface area contributed by atoms with Gasteiger partial charge in [0, 0.05) is 23.3 Å². The SMILES string of the molecule is O=C(Nc1cc(Cl)ccn1)[C@@H]1Cc2ccccc2N1. The van der Waals surface area contributed by atoms with Crippen LogP contribution in [0.4, 0.5) is 11.5 Å². The molecule has 1 aliphatic heterocycles. The van der Waals surface area contributed by atoms with Crippen molar-refractivity contribution in [3.8, 4) is 0 Å². The van der Waals surface area contributed by atoms with Gasteiger partial charge in [-0.2, -0.15) is 0 Å². The molecule has 1 aromatic heterocycles. The number of pyridine rings is 1. The zero-order valence-corrected chi connectivity index (χ0v) is 10.8. The van der Waals surface area contributed by atoms with E-state index in [1.54, 1.807) is 18.3 Å². The predicted molar refractivity (Wildman–Crippen MR) is 75.4 cm³/mol. The largest absolute Gasteiger partial charge is 0.373 e. The molecule has 5 heteroatoms. The summed E-state index contributed by atoms with van der Waals surface area (Å²) >= 11 is 5.85. The van der Waals surface area contributed by atoms with Gasteiger partial charge in [0.05, 0.1) is 0 Å². The van der Waals surface area contributed by atoms with Crippen LogP contribution < -0.4 is 10.6 Å². The van der Waals surface area contributed by atoms with E-state index in [0.717, 1.165) is 11.3 Å². The van der Waals surface area contributed by atoms with Crippen LogP contribution in [0.2, 0.25) is 5.02 Å². The van der Waals surface area contributed by atoms with E-state index in [1.807, 2.05) is 24.3 Å². The lowest BCUT2D eigenvalue weighted by Crippen LogP contribution is -2.33. The van der Waals surface area contributed by atoms with E-state index < -0.39 is 0 Å². The molecule has 0 aliphatic carbocycles. The van der Waals surface area contributed by atoms with Crippen molar-refractivity contribution in [2.75, 3.05) is 10.6 Å². The minimum Gasteiger partial charge on any atom is -0.373 e. The van der Waals surface area contributed by atoms with Gasteiger partial charge in [0.2, 0.25) is 5.91 Å². The summed E-state index contributed by atoms with van der Waals surface area (Å²) in [6.07, 6.45) is 2.25. The maximum Gasteiger partial charge on any atom is 0.248 e. The van der Waals surface area contributed by atoms with Crippen molar-refractivity contribution < 1.29 is 4.79 Å². The Bertz CT molecular complexity index is 605. The first-order chi connectivity index (χ1) is 9.22. The third-order valence-electron chi connectivity index (χ3n) is 3.06. The van der Waals surface area contributed by atoms with Gasteiger partial charge in [0.15, 0.2) is 0 Å². The molecule has 0 spiro atoms. The summed E-state index contributed by atoms with van der Waals surface area (Å²) in [6, 6.07) is 10.9. The Morgan fingerprint density at radius 2 is 2.21 bits per heavy atom. The summed E-state index contributed by atoms with van der Waals surface area (Å²) < 4.78 is 0. The molecule has 0 radical (unpaired) electrons. The number of anilines is 2. The quantitative estimate of drug-likeness (QED) is 0.885. The minimum absolute atomic E-state index is 0.106. The molecule has 19 heavy (non-hydrogen) atoms. The average Bonchev–Trinajstić information content (AvgIpc) is 2.82. The molecule has 1 aromatic carbocycles. The third kappa shape index (κ3) is 2.53. The lowest BCUT2D eigenvalue weighted by atomic mass is 10.1. The first-order valence-corrected chi connectivity index (χ1v) is 6.37. The highest BCUT2D eigenvalue weighted by Crippen LogP contribution is 2.25. The van der Waals surface area contributed by atoms with Gasteiger partial charge in [-0.05, 0) is 23.8 Å². The molecule has 0 unspecified atom stereocenters. The smallest absolute Gasteiger partial charge is 0.248 e. The van der Waals surface area contributed by atoms with E-state index in [0.29, 0.717) is 17.3 Å². The molecule has 0 saturated carbocycles. The van der Waals surface area contributed by atoms with Gasteiger partial charge in [-0.1, -0.05) is 29.8 Å². The maximum atomic E-state index is 12.1. The zero-order chi connectivity index (χ0) is 13.2. The lowest BCUT2D eigenvalue weighted by Gasteiger charge is -2.11. The highest BCUT2D eigenvalue weighted by molar-refractivity contribution is 6.30. The molecule has 4 nitrogen and oxygen atoms in total. The topological polar surface area (TPSA) is 54.0 Å². The Kier molecular flexibility index (Phi) is 3.09. The van der Waals surface area contributed by atoms with E-state index in [4.69, 9.17) is 11.6 Å². The first kappa shape index (κ1) is 12.0. The fraction of sp³-hybridized carbons (Fsp3) is 0.143. The van der Waals surface area contributed by atoms with E-state index in [1.165, 1.54) is 0 Å². The Hall–Kier alpha value is -2.07. The number of fused-ring (bicyclic) bond motifs is 1. The summed E-state index contributed by atoms with van der Waals surface area (Å²) in [6.45, 7) is 0. The van der Waals surface area contributed by atoms with E-state index >= 15 is 0 Å². The third-order valence-corrected chi connectivity index (χ3v) is 3.30. The number of aromatic nitrogens is 1. The monoisotopic (exact) mass is 273 g/mol. The van der Waals surface area contributed by atoms with Crippen molar-refractivity contribution in [1.29, 1.82) is 0 Å². The Balaban J connectivity index is 1.70. The Morgan fingerprint density at radius 3 is 3.00 bits per heavy atom. The van der Waals surface area contributed by atoms with Gasteiger partial charge in [-0.15, -0.1) is 0 Å². The van der Waals surface area contributed by atoms with Crippen LogP contribution in [0.15, 0.2) is 42.6 Å². The first-order valence-electron chi connectivity index (χ1n) is 5.99. The number of benzene rings is 1. The lowest BCUT2D eigenvalue weighted by molar-refractivity contribution is -0.116. The number of hydrogen-bond donors (Lipinski definition) is 2. The van der Waals surface area contributed by atoms with Gasteiger partial charge in [-0.3, -0.25) is 4.79 Å². The van der Waals surface area contributed by atoms with Crippen molar-refractivity contribution in [2.45, 2.75) is 12.5 Å². The fourth-order valence-corrected chi connectivity index (χ4v) is 2.30. The molecule has 3 rings (SSSR count). The molecular weight excluding hydrogens is 262 g/mol. The highest BCUT2D eigenvalue weighted by atomic mass is 35.5. The summed E-state index contributed by atoms with van der Waals surface area (Å²) in [5.41, 5.74) is 2.17. The number of carbonyl (C=O) groups excluding carboxylic acids is 1. The maximum absolute atomic E-state index is 12.1. The van der Waals surface area contributed by atoms with E-state index in [9.17, 15) is 4.79 Å². The number of nitrogens with one attached hydrogen (secondary N) is 2. The van der Waals surface area contributed by atoms with Crippen molar-refractivity contribution in [1.82, 2.24) is 4.98 Å². The van der Waals surface area contributed by atoms with Crippen LogP contribution in [-0.2, 0) is 11.2 Å². The number of hydrogen-bond acceptors (Lipinski definition) is 3. The number of nitrogens with zero attached hydrogens (tertiary/aromatic N) is 1. The standard InChI is InChI=1S/C14H12ClN3O/c15-10-5-6-16-13(8-10)18-14(19)12-7-9-3-1-2-4-11(9)17-12/h1-6,8,12,17H,7H2,(H,16,18,19)/t12-/m0/s1. The van der Waals surface area contributed by atoms with Crippen LogP contribution in [0.1, 0.15) is 5.56 Å². The van der Waals surface area contributed by atoms with Gasteiger partial charge in [0.25, 0.3) is 0 Å². The number of rotatable bonds is 2. The van der Waals surface area contributed by atoms with Crippen molar-refractivity contribution in [3.63, 3.8) is 0 Å². The molecule has 2 heterocycles. The van der Waals surface area contributed by atoms with Crippen LogP contribution >= 0.6 is 11.6 Å². The van der Waals surface area contributed by atoms with E-state index in [-0.39, 0.29) is 11.9 Å². The number of halogens is 1. The second-order valence-corrected chi connectivity index (χ2v) is 4.84. The van der Waals surface area contributed by atoms with Crippen LogP contribution in [-0.4, -0.2) is 16.9 Å². The van der Waals surface area contributed by atoms with Gasteiger partial charge in [0.1, 0.15) is 11.9 Å². The van der Waals surface area contributed by atoms with Gasteiger partial charge in [-0.25, -0.2) is 4.98 Å². The molecule has 2 N–H and O–H groups in total. The fourth-order valence-electron chi connectivity index (χ4n) is 2.14. The highest BCUT2D eigenvalue weighted by Gasteiger charge is 2.26. The Morgan fingerprint density at radius 1 is 1.37 bits per heavy atom.